The molecule has 0 bridgehead atoms. The van der Waals surface area contributed by atoms with Gasteiger partial charge in [0.05, 0.1) is 7.11 Å². The first-order valence-corrected chi connectivity index (χ1v) is 7.38. The lowest BCUT2D eigenvalue weighted by molar-refractivity contribution is 0.414. The number of nitrogens with two attached hydrogens (primary N) is 1. The molecule has 3 rings (SSSR count). The highest BCUT2D eigenvalue weighted by atomic mass is 16.5. The molecular weight excluding hydrogens is 264 g/mol. The summed E-state index contributed by atoms with van der Waals surface area (Å²) in [7, 11) is 1.66. The third-order valence-corrected chi connectivity index (χ3v) is 3.96. The first-order valence-electron chi connectivity index (χ1n) is 7.38. The largest absolute Gasteiger partial charge is 0.497 e. The van der Waals surface area contributed by atoms with Crippen molar-refractivity contribution in [1.82, 2.24) is 15.0 Å². The zero-order valence-electron chi connectivity index (χ0n) is 12.2. The van der Waals surface area contributed by atoms with Crippen LogP contribution in [0, 0.1) is 0 Å². The molecule has 2 aromatic rings. The van der Waals surface area contributed by atoms with E-state index in [0.717, 1.165) is 35.8 Å². The van der Waals surface area contributed by atoms with Gasteiger partial charge >= 0.3 is 0 Å². The molecule has 1 aromatic carbocycles. The number of aromatic nitrogens is 3. The lowest BCUT2D eigenvalue weighted by atomic mass is 10.1. The standard InChI is InChI=1S/C16H20N4O/c1-21-13-8-6-11(7-9-13)10-14-18-15(20-16(17)19-14)12-4-2-3-5-12/h6-9,12H,2-5,10H2,1H3,(H2,17,18,19,20). The van der Waals surface area contributed by atoms with Gasteiger partial charge in [-0.25, -0.2) is 4.98 Å². The Hall–Kier alpha value is -2.17. The van der Waals surface area contributed by atoms with Crippen LogP contribution in [0.5, 0.6) is 5.75 Å². The number of nitrogen functional groups attached to an aromatic ring is 1. The molecule has 0 saturated heterocycles. The predicted molar refractivity (Wildman–Crippen MR) is 81.2 cm³/mol. The number of methoxy groups -OCH3 is 1. The number of hydrogen-bond acceptors (Lipinski definition) is 5. The Morgan fingerprint density at radius 3 is 2.48 bits per heavy atom. The van der Waals surface area contributed by atoms with Crippen LogP contribution in [0.25, 0.3) is 0 Å². The Morgan fingerprint density at radius 1 is 1.10 bits per heavy atom. The summed E-state index contributed by atoms with van der Waals surface area (Å²) >= 11 is 0. The summed E-state index contributed by atoms with van der Waals surface area (Å²) in [5.41, 5.74) is 6.98. The molecule has 1 heterocycles. The zero-order chi connectivity index (χ0) is 14.7. The van der Waals surface area contributed by atoms with Crippen molar-refractivity contribution in [2.24, 2.45) is 0 Å². The molecule has 21 heavy (non-hydrogen) atoms. The van der Waals surface area contributed by atoms with Crippen molar-refractivity contribution >= 4 is 5.95 Å². The second-order valence-corrected chi connectivity index (χ2v) is 5.47. The molecule has 0 atom stereocenters. The Balaban J connectivity index is 1.80. The molecule has 5 heteroatoms. The van der Waals surface area contributed by atoms with Gasteiger partial charge in [0.1, 0.15) is 17.4 Å². The molecule has 1 fully saturated rings. The van der Waals surface area contributed by atoms with Gasteiger partial charge in [-0.2, -0.15) is 9.97 Å². The molecule has 0 amide bonds. The highest BCUT2D eigenvalue weighted by Gasteiger charge is 2.21. The normalized spacial score (nSPS) is 15.3. The summed E-state index contributed by atoms with van der Waals surface area (Å²) in [6.45, 7) is 0. The van der Waals surface area contributed by atoms with Crippen LogP contribution in [-0.4, -0.2) is 22.1 Å². The van der Waals surface area contributed by atoms with Crippen LogP contribution in [0.3, 0.4) is 0 Å². The van der Waals surface area contributed by atoms with Crippen molar-refractivity contribution in [1.29, 1.82) is 0 Å². The Kier molecular flexibility index (Phi) is 3.99. The lowest BCUT2D eigenvalue weighted by Gasteiger charge is -2.10. The summed E-state index contributed by atoms with van der Waals surface area (Å²) in [6, 6.07) is 7.93. The third kappa shape index (κ3) is 3.29. The summed E-state index contributed by atoms with van der Waals surface area (Å²) in [5.74, 6) is 3.24. The van der Waals surface area contributed by atoms with Crippen molar-refractivity contribution in [3.63, 3.8) is 0 Å². The van der Waals surface area contributed by atoms with Gasteiger partial charge in [-0.05, 0) is 30.5 Å². The van der Waals surface area contributed by atoms with E-state index in [9.17, 15) is 0 Å². The van der Waals surface area contributed by atoms with Crippen LogP contribution in [0.4, 0.5) is 5.95 Å². The van der Waals surface area contributed by atoms with Gasteiger partial charge in [-0.3, -0.25) is 0 Å². The molecule has 110 valence electrons. The molecule has 1 aliphatic rings. The fraction of sp³-hybridized carbons (Fsp3) is 0.438. The molecule has 0 unspecified atom stereocenters. The van der Waals surface area contributed by atoms with E-state index < -0.39 is 0 Å². The molecule has 1 aliphatic carbocycles. The van der Waals surface area contributed by atoms with Crippen molar-refractivity contribution in [3.8, 4) is 5.75 Å². The van der Waals surface area contributed by atoms with Crippen molar-refractivity contribution < 1.29 is 4.74 Å². The smallest absolute Gasteiger partial charge is 0.223 e. The fourth-order valence-electron chi connectivity index (χ4n) is 2.83. The summed E-state index contributed by atoms with van der Waals surface area (Å²) in [5, 5.41) is 0. The number of benzene rings is 1. The van der Waals surface area contributed by atoms with Gasteiger partial charge in [0.2, 0.25) is 5.95 Å². The molecule has 1 aromatic heterocycles. The van der Waals surface area contributed by atoms with Crippen molar-refractivity contribution in [2.75, 3.05) is 12.8 Å². The molecule has 0 radical (unpaired) electrons. The van der Waals surface area contributed by atoms with Crippen LogP contribution in [0.2, 0.25) is 0 Å². The molecule has 0 spiro atoms. The van der Waals surface area contributed by atoms with E-state index in [2.05, 4.69) is 15.0 Å². The highest BCUT2D eigenvalue weighted by Crippen LogP contribution is 2.32. The van der Waals surface area contributed by atoms with Gasteiger partial charge in [0.15, 0.2) is 0 Å². The van der Waals surface area contributed by atoms with Crippen LogP contribution >= 0.6 is 0 Å². The van der Waals surface area contributed by atoms with E-state index in [0.29, 0.717) is 18.3 Å². The maximum Gasteiger partial charge on any atom is 0.223 e. The Labute approximate surface area is 124 Å². The van der Waals surface area contributed by atoms with Crippen LogP contribution in [-0.2, 0) is 6.42 Å². The van der Waals surface area contributed by atoms with E-state index in [1.807, 2.05) is 24.3 Å². The van der Waals surface area contributed by atoms with E-state index in [-0.39, 0.29) is 0 Å². The molecule has 5 nitrogen and oxygen atoms in total. The van der Waals surface area contributed by atoms with Crippen LogP contribution < -0.4 is 10.5 Å². The number of rotatable bonds is 4. The number of anilines is 1. The SMILES string of the molecule is COc1ccc(Cc2nc(N)nc(C3CCCC3)n2)cc1. The quantitative estimate of drug-likeness (QED) is 0.934. The molecule has 2 N–H and O–H groups in total. The molecule has 0 aliphatic heterocycles. The first kappa shape index (κ1) is 13.8. The summed E-state index contributed by atoms with van der Waals surface area (Å²) in [4.78, 5) is 13.2. The van der Waals surface area contributed by atoms with Gasteiger partial charge in [0.25, 0.3) is 0 Å². The average Bonchev–Trinajstić information content (AvgIpc) is 3.02. The summed E-state index contributed by atoms with van der Waals surface area (Å²) in [6.07, 6.45) is 5.49. The van der Waals surface area contributed by atoms with Crippen molar-refractivity contribution in [3.05, 3.63) is 41.5 Å². The van der Waals surface area contributed by atoms with E-state index in [1.165, 1.54) is 12.8 Å². The minimum absolute atomic E-state index is 0.329. The zero-order valence-corrected chi connectivity index (χ0v) is 12.2. The van der Waals surface area contributed by atoms with Crippen LogP contribution in [0.15, 0.2) is 24.3 Å². The van der Waals surface area contributed by atoms with Gasteiger partial charge < -0.3 is 10.5 Å². The number of hydrogen-bond donors (Lipinski definition) is 1. The van der Waals surface area contributed by atoms with Crippen LogP contribution in [0.1, 0.15) is 48.8 Å². The van der Waals surface area contributed by atoms with E-state index in [1.54, 1.807) is 7.11 Å². The summed E-state index contributed by atoms with van der Waals surface area (Å²) < 4.78 is 5.16. The first-order chi connectivity index (χ1) is 10.2. The molecular formula is C16H20N4O. The lowest BCUT2D eigenvalue weighted by Crippen LogP contribution is -2.10. The van der Waals surface area contributed by atoms with E-state index >= 15 is 0 Å². The monoisotopic (exact) mass is 284 g/mol. The Bertz CT molecular complexity index is 606. The minimum Gasteiger partial charge on any atom is -0.497 e. The predicted octanol–water partition coefficient (Wildman–Crippen LogP) is 2.71. The van der Waals surface area contributed by atoms with E-state index in [4.69, 9.17) is 10.5 Å². The topological polar surface area (TPSA) is 73.9 Å². The van der Waals surface area contributed by atoms with Gasteiger partial charge in [0, 0.05) is 12.3 Å². The second-order valence-electron chi connectivity index (χ2n) is 5.47. The average molecular weight is 284 g/mol. The van der Waals surface area contributed by atoms with Gasteiger partial charge in [-0.1, -0.05) is 25.0 Å². The minimum atomic E-state index is 0.329. The maximum atomic E-state index is 5.84. The highest BCUT2D eigenvalue weighted by molar-refractivity contribution is 5.29. The number of ether oxygens (including phenoxy) is 1. The third-order valence-electron chi connectivity index (χ3n) is 3.96. The number of nitrogens with zero attached hydrogens (tertiary/aromatic N) is 3. The van der Waals surface area contributed by atoms with Gasteiger partial charge in [-0.15, -0.1) is 0 Å². The maximum absolute atomic E-state index is 5.84. The molecule has 1 saturated carbocycles. The Morgan fingerprint density at radius 2 is 1.81 bits per heavy atom. The van der Waals surface area contributed by atoms with Crippen molar-refractivity contribution in [2.45, 2.75) is 38.0 Å². The second kappa shape index (κ2) is 6.08. The fourth-order valence-corrected chi connectivity index (χ4v) is 2.83.